The van der Waals surface area contributed by atoms with Crippen LogP contribution in [0.15, 0.2) is 46.9 Å². The van der Waals surface area contributed by atoms with Gasteiger partial charge in [-0.05, 0) is 30.3 Å². The van der Waals surface area contributed by atoms with Crippen LogP contribution < -0.4 is 20.1 Å². The van der Waals surface area contributed by atoms with Crippen LogP contribution in [-0.4, -0.2) is 26.3 Å². The third-order valence-electron chi connectivity index (χ3n) is 2.88. The molecule has 0 unspecified atom stereocenters. The molecule has 0 fully saturated rings. The summed E-state index contributed by atoms with van der Waals surface area (Å²) < 4.78 is 11.5. The Bertz CT molecular complexity index is 682. The van der Waals surface area contributed by atoms with Crippen molar-refractivity contribution < 1.29 is 14.3 Å². The normalized spacial score (nSPS) is 10.0. The van der Waals surface area contributed by atoms with E-state index in [-0.39, 0.29) is 6.03 Å². The molecule has 0 aliphatic heterocycles. The van der Waals surface area contributed by atoms with E-state index in [4.69, 9.17) is 21.1 Å². The molecule has 2 rings (SSSR count). The van der Waals surface area contributed by atoms with E-state index < -0.39 is 0 Å². The van der Waals surface area contributed by atoms with Crippen LogP contribution in [0.5, 0.6) is 11.5 Å². The minimum atomic E-state index is -0.344. The van der Waals surface area contributed by atoms with Gasteiger partial charge >= 0.3 is 6.03 Å². The first-order chi connectivity index (χ1) is 11.1. The van der Waals surface area contributed by atoms with E-state index >= 15 is 0 Å². The maximum atomic E-state index is 11.8. The predicted molar refractivity (Wildman–Crippen MR) is 94.7 cm³/mol. The first-order valence-electron chi connectivity index (χ1n) is 6.85. The average Bonchev–Trinajstić information content (AvgIpc) is 2.54. The number of urea groups is 1. The minimum Gasteiger partial charge on any atom is -0.497 e. The van der Waals surface area contributed by atoms with E-state index in [9.17, 15) is 4.79 Å². The predicted octanol–water partition coefficient (Wildman–Crippen LogP) is 4.31. The molecule has 0 aromatic heterocycles. The van der Waals surface area contributed by atoms with Crippen LogP contribution in [0.4, 0.5) is 10.5 Å². The molecule has 23 heavy (non-hydrogen) atoms. The lowest BCUT2D eigenvalue weighted by atomic mass is 10.3. The Hall–Kier alpha value is -1.92. The number of amides is 2. The molecule has 2 aromatic rings. The third kappa shape index (κ3) is 5.65. The van der Waals surface area contributed by atoms with E-state index in [1.807, 2.05) is 18.2 Å². The van der Waals surface area contributed by atoms with Crippen LogP contribution in [0, 0.1) is 0 Å². The monoisotopic (exact) mass is 398 g/mol. The highest BCUT2D eigenvalue weighted by molar-refractivity contribution is 9.10. The maximum absolute atomic E-state index is 11.8. The number of rotatable bonds is 6. The topological polar surface area (TPSA) is 59.6 Å². The van der Waals surface area contributed by atoms with Crippen LogP contribution in [0.25, 0.3) is 0 Å². The fourth-order valence-electron chi connectivity index (χ4n) is 1.78. The van der Waals surface area contributed by atoms with Crippen molar-refractivity contribution in [3.05, 3.63) is 52.0 Å². The van der Waals surface area contributed by atoms with Gasteiger partial charge in [-0.25, -0.2) is 4.79 Å². The molecule has 2 N–H and O–H groups in total. The highest BCUT2D eigenvalue weighted by Crippen LogP contribution is 2.25. The molecular formula is C16H16BrClN2O3. The van der Waals surface area contributed by atoms with E-state index in [0.717, 1.165) is 10.2 Å². The van der Waals surface area contributed by atoms with Gasteiger partial charge in [0.25, 0.3) is 0 Å². The van der Waals surface area contributed by atoms with Gasteiger partial charge in [0.1, 0.15) is 18.1 Å². The molecule has 5 nitrogen and oxygen atoms in total. The molecule has 0 radical (unpaired) electrons. The van der Waals surface area contributed by atoms with Crippen LogP contribution in [-0.2, 0) is 0 Å². The molecule has 0 heterocycles. The summed E-state index contributed by atoms with van der Waals surface area (Å²) >= 11 is 9.34. The summed E-state index contributed by atoms with van der Waals surface area (Å²) in [5.74, 6) is 1.40. The smallest absolute Gasteiger partial charge is 0.319 e. The fraction of sp³-hybridized carbons (Fsp3) is 0.188. The Kier molecular flexibility index (Phi) is 6.55. The standard InChI is InChI=1S/C16H16BrClN2O3/c1-22-12-3-2-4-13(10-12)23-8-7-19-16(21)20-15-6-5-11(17)9-14(15)18/h2-6,9-10H,7-8H2,1H3,(H2,19,20,21). The van der Waals surface area contributed by atoms with E-state index in [1.54, 1.807) is 31.4 Å². The SMILES string of the molecule is COc1cccc(OCCNC(=O)Nc2ccc(Br)cc2Cl)c1. The molecule has 0 saturated carbocycles. The minimum absolute atomic E-state index is 0.342. The van der Waals surface area contributed by atoms with Gasteiger partial charge in [-0.1, -0.05) is 33.6 Å². The van der Waals surface area contributed by atoms with Crippen molar-refractivity contribution in [1.29, 1.82) is 0 Å². The lowest BCUT2D eigenvalue weighted by Gasteiger charge is -2.10. The van der Waals surface area contributed by atoms with Crippen molar-refractivity contribution in [3.63, 3.8) is 0 Å². The number of nitrogens with one attached hydrogen (secondary N) is 2. The molecule has 0 atom stereocenters. The highest BCUT2D eigenvalue weighted by atomic mass is 79.9. The number of hydrogen-bond acceptors (Lipinski definition) is 3. The van der Waals surface area contributed by atoms with Gasteiger partial charge in [0.2, 0.25) is 0 Å². The molecule has 0 aliphatic rings. The Morgan fingerprint density at radius 3 is 2.74 bits per heavy atom. The van der Waals surface area contributed by atoms with E-state index in [1.165, 1.54) is 0 Å². The molecule has 0 bridgehead atoms. The molecular weight excluding hydrogens is 384 g/mol. The number of carbonyl (C=O) groups excluding carboxylic acids is 1. The molecule has 0 aliphatic carbocycles. The van der Waals surface area contributed by atoms with Crippen molar-refractivity contribution >= 4 is 39.2 Å². The number of methoxy groups -OCH3 is 1. The zero-order valence-electron chi connectivity index (χ0n) is 12.4. The molecule has 0 spiro atoms. The molecule has 2 amide bonds. The first kappa shape index (κ1) is 17.4. The number of carbonyl (C=O) groups is 1. The van der Waals surface area contributed by atoms with Gasteiger partial charge in [-0.3, -0.25) is 0 Å². The lowest BCUT2D eigenvalue weighted by molar-refractivity contribution is 0.247. The fourth-order valence-corrected chi connectivity index (χ4v) is 2.50. The number of ether oxygens (including phenoxy) is 2. The zero-order chi connectivity index (χ0) is 16.7. The molecule has 122 valence electrons. The Morgan fingerprint density at radius 1 is 1.22 bits per heavy atom. The molecule has 2 aromatic carbocycles. The van der Waals surface area contributed by atoms with Gasteiger partial charge in [-0.15, -0.1) is 0 Å². The van der Waals surface area contributed by atoms with Gasteiger partial charge in [0.05, 0.1) is 24.4 Å². The summed E-state index contributed by atoms with van der Waals surface area (Å²) in [6, 6.07) is 12.2. The van der Waals surface area contributed by atoms with Gasteiger partial charge in [-0.2, -0.15) is 0 Å². The zero-order valence-corrected chi connectivity index (χ0v) is 14.8. The second-order valence-corrected chi connectivity index (χ2v) is 5.86. The number of hydrogen-bond donors (Lipinski definition) is 2. The van der Waals surface area contributed by atoms with Crippen molar-refractivity contribution in [3.8, 4) is 11.5 Å². The highest BCUT2D eigenvalue weighted by Gasteiger charge is 2.05. The van der Waals surface area contributed by atoms with E-state index in [2.05, 4.69) is 26.6 Å². The summed E-state index contributed by atoms with van der Waals surface area (Å²) in [4.78, 5) is 11.8. The van der Waals surface area contributed by atoms with Crippen molar-refractivity contribution in [2.45, 2.75) is 0 Å². The van der Waals surface area contributed by atoms with Gasteiger partial charge in [0, 0.05) is 10.5 Å². The van der Waals surface area contributed by atoms with Gasteiger partial charge < -0.3 is 20.1 Å². The summed E-state index contributed by atoms with van der Waals surface area (Å²) in [6.45, 7) is 0.700. The average molecular weight is 400 g/mol. The van der Waals surface area contributed by atoms with Crippen LogP contribution >= 0.6 is 27.5 Å². The largest absolute Gasteiger partial charge is 0.497 e. The first-order valence-corrected chi connectivity index (χ1v) is 8.02. The van der Waals surface area contributed by atoms with Crippen LogP contribution in [0.1, 0.15) is 0 Å². The maximum Gasteiger partial charge on any atom is 0.319 e. The van der Waals surface area contributed by atoms with E-state index in [0.29, 0.717) is 29.6 Å². The molecule has 0 saturated heterocycles. The Morgan fingerprint density at radius 2 is 2.00 bits per heavy atom. The van der Waals surface area contributed by atoms with Crippen LogP contribution in [0.2, 0.25) is 5.02 Å². The third-order valence-corrected chi connectivity index (χ3v) is 3.68. The quantitative estimate of drug-likeness (QED) is 0.712. The van der Waals surface area contributed by atoms with Crippen molar-refractivity contribution in [2.24, 2.45) is 0 Å². The molecule has 7 heteroatoms. The number of halogens is 2. The Labute approximate surface area is 148 Å². The summed E-state index contributed by atoms with van der Waals surface area (Å²) in [5, 5.41) is 5.83. The summed E-state index contributed by atoms with van der Waals surface area (Å²) in [7, 11) is 1.60. The second-order valence-electron chi connectivity index (χ2n) is 4.53. The second kappa shape index (κ2) is 8.64. The number of anilines is 1. The Balaban J connectivity index is 1.74. The van der Waals surface area contributed by atoms with Crippen molar-refractivity contribution in [1.82, 2.24) is 5.32 Å². The summed E-state index contributed by atoms with van der Waals surface area (Å²) in [6.07, 6.45) is 0. The van der Waals surface area contributed by atoms with Gasteiger partial charge in [0.15, 0.2) is 0 Å². The van der Waals surface area contributed by atoms with Crippen molar-refractivity contribution in [2.75, 3.05) is 25.6 Å². The number of benzene rings is 2. The lowest BCUT2D eigenvalue weighted by Crippen LogP contribution is -2.32. The summed E-state index contributed by atoms with van der Waals surface area (Å²) in [5.41, 5.74) is 0.543. The van der Waals surface area contributed by atoms with Crippen LogP contribution in [0.3, 0.4) is 0 Å².